The number of carbonyl (C=O) groups excluding carboxylic acids is 1. The van der Waals surface area contributed by atoms with Crippen LogP contribution in [0.2, 0.25) is 0 Å². The molecule has 2 N–H and O–H groups in total. The van der Waals surface area contributed by atoms with Crippen molar-refractivity contribution in [2.75, 3.05) is 18.8 Å². The molecule has 2 rings (SSSR count). The van der Waals surface area contributed by atoms with Crippen LogP contribution in [0.25, 0.3) is 0 Å². The number of halogens is 1. The minimum absolute atomic E-state index is 0.194. The van der Waals surface area contributed by atoms with E-state index in [9.17, 15) is 19.3 Å². The Morgan fingerprint density at radius 1 is 1.43 bits per heavy atom. The minimum atomic E-state index is -0.866. The molecule has 1 aliphatic rings. The Bertz CT molecular complexity index is 583. The first-order valence-electron chi connectivity index (χ1n) is 6.48. The summed E-state index contributed by atoms with van der Waals surface area (Å²) in [7, 11) is 0. The highest BCUT2D eigenvalue weighted by molar-refractivity contribution is 6.01. The number of nitrogen functional groups attached to an aromatic ring is 1. The molecule has 2 atom stereocenters. The van der Waals surface area contributed by atoms with E-state index in [0.29, 0.717) is 0 Å². The fourth-order valence-electron chi connectivity index (χ4n) is 2.46. The number of ether oxygens (including phenoxy) is 1. The average Bonchev–Trinajstić information content (AvgIpc) is 2.36. The molecule has 0 aliphatic carbocycles. The quantitative estimate of drug-likeness (QED) is 0.507. The van der Waals surface area contributed by atoms with Crippen LogP contribution in [0.15, 0.2) is 12.1 Å². The van der Waals surface area contributed by atoms with Gasteiger partial charge in [-0.05, 0) is 19.9 Å². The molecule has 1 heterocycles. The molecule has 0 aromatic heterocycles. The Kier molecular flexibility index (Phi) is 4.08. The van der Waals surface area contributed by atoms with Crippen LogP contribution in [0.1, 0.15) is 24.2 Å². The summed E-state index contributed by atoms with van der Waals surface area (Å²) in [5, 5.41) is 10.8. The van der Waals surface area contributed by atoms with Crippen LogP contribution in [0.4, 0.5) is 15.8 Å². The van der Waals surface area contributed by atoms with Gasteiger partial charge in [-0.3, -0.25) is 14.9 Å². The number of hydrogen-bond acceptors (Lipinski definition) is 5. The van der Waals surface area contributed by atoms with Crippen molar-refractivity contribution in [3.63, 3.8) is 0 Å². The number of rotatable bonds is 2. The molecule has 1 fully saturated rings. The molecule has 21 heavy (non-hydrogen) atoms. The topological polar surface area (TPSA) is 98.7 Å². The Labute approximate surface area is 120 Å². The SMILES string of the molecule is C[C@@H]1CN(C(=O)c2c(F)ccc([N+](=O)[O-])c2N)C[C@H](C)O1. The van der Waals surface area contributed by atoms with Crippen LogP contribution < -0.4 is 5.73 Å². The third-order valence-electron chi connectivity index (χ3n) is 3.29. The number of nitrogens with two attached hydrogens (primary N) is 1. The molecular formula is C13H16FN3O4. The molecule has 0 saturated carbocycles. The molecule has 7 nitrogen and oxygen atoms in total. The van der Waals surface area contributed by atoms with E-state index in [4.69, 9.17) is 10.5 Å². The van der Waals surface area contributed by atoms with E-state index in [0.717, 1.165) is 12.1 Å². The molecular weight excluding hydrogens is 281 g/mol. The summed E-state index contributed by atoms with van der Waals surface area (Å²) < 4.78 is 19.4. The first kappa shape index (κ1) is 15.2. The highest BCUT2D eigenvalue weighted by Gasteiger charge is 2.31. The zero-order valence-electron chi connectivity index (χ0n) is 11.7. The summed E-state index contributed by atoms with van der Waals surface area (Å²) in [6.07, 6.45) is -0.388. The predicted molar refractivity (Wildman–Crippen MR) is 73.4 cm³/mol. The minimum Gasteiger partial charge on any atom is -0.392 e. The van der Waals surface area contributed by atoms with Crippen LogP contribution >= 0.6 is 0 Å². The van der Waals surface area contributed by atoms with Gasteiger partial charge in [-0.2, -0.15) is 0 Å². The third-order valence-corrected chi connectivity index (χ3v) is 3.29. The van der Waals surface area contributed by atoms with Gasteiger partial charge in [0.25, 0.3) is 11.6 Å². The second-order valence-corrected chi connectivity index (χ2v) is 5.08. The average molecular weight is 297 g/mol. The highest BCUT2D eigenvalue weighted by Crippen LogP contribution is 2.29. The van der Waals surface area contributed by atoms with E-state index in [-0.39, 0.29) is 25.3 Å². The Hall–Kier alpha value is -2.22. The molecule has 1 saturated heterocycles. The first-order chi connectivity index (χ1) is 9.81. The normalized spacial score (nSPS) is 22.1. The van der Waals surface area contributed by atoms with Crippen LogP contribution in [0.5, 0.6) is 0 Å². The van der Waals surface area contributed by atoms with Gasteiger partial charge in [0.2, 0.25) is 0 Å². The molecule has 0 spiro atoms. The number of nitro groups is 1. The van der Waals surface area contributed by atoms with Gasteiger partial charge < -0.3 is 15.4 Å². The van der Waals surface area contributed by atoms with Crippen molar-refractivity contribution in [1.29, 1.82) is 0 Å². The Balaban J connectivity index is 2.39. The summed E-state index contributed by atoms with van der Waals surface area (Å²) in [5.74, 6) is -1.52. The number of nitro benzene ring substituents is 1. The van der Waals surface area contributed by atoms with Crippen LogP contribution in [-0.2, 0) is 4.74 Å². The molecule has 114 valence electrons. The Morgan fingerprint density at radius 3 is 2.52 bits per heavy atom. The van der Waals surface area contributed by atoms with Gasteiger partial charge in [-0.15, -0.1) is 0 Å². The maximum Gasteiger partial charge on any atom is 0.293 e. The lowest BCUT2D eigenvalue weighted by Gasteiger charge is -2.35. The first-order valence-corrected chi connectivity index (χ1v) is 6.48. The van der Waals surface area contributed by atoms with Crippen molar-refractivity contribution in [3.05, 3.63) is 33.6 Å². The second-order valence-electron chi connectivity index (χ2n) is 5.08. The number of nitrogens with zero attached hydrogens (tertiary/aromatic N) is 2. The summed E-state index contributed by atoms with van der Waals surface area (Å²) in [4.78, 5) is 23.9. The van der Waals surface area contributed by atoms with E-state index in [1.54, 1.807) is 13.8 Å². The van der Waals surface area contributed by atoms with Crippen LogP contribution in [0, 0.1) is 15.9 Å². The van der Waals surface area contributed by atoms with Crippen molar-refractivity contribution in [2.45, 2.75) is 26.1 Å². The third kappa shape index (κ3) is 2.94. The molecule has 0 radical (unpaired) electrons. The van der Waals surface area contributed by atoms with E-state index < -0.39 is 33.6 Å². The summed E-state index contributed by atoms with van der Waals surface area (Å²) >= 11 is 0. The zero-order valence-corrected chi connectivity index (χ0v) is 11.7. The lowest BCUT2D eigenvalue weighted by Crippen LogP contribution is -2.48. The molecule has 0 bridgehead atoms. The maximum atomic E-state index is 13.9. The largest absolute Gasteiger partial charge is 0.392 e. The van der Waals surface area contributed by atoms with Crippen molar-refractivity contribution >= 4 is 17.3 Å². The van der Waals surface area contributed by atoms with Gasteiger partial charge >= 0.3 is 0 Å². The van der Waals surface area contributed by atoms with Gasteiger partial charge in [0.05, 0.1) is 17.1 Å². The molecule has 0 unspecified atom stereocenters. The second kappa shape index (κ2) is 5.65. The Morgan fingerprint density at radius 2 is 2.00 bits per heavy atom. The fourth-order valence-corrected chi connectivity index (χ4v) is 2.46. The fraction of sp³-hybridized carbons (Fsp3) is 0.462. The lowest BCUT2D eigenvalue weighted by molar-refractivity contribution is -0.384. The van der Waals surface area contributed by atoms with E-state index in [2.05, 4.69) is 0 Å². The van der Waals surface area contributed by atoms with Gasteiger partial charge in [-0.25, -0.2) is 4.39 Å². The van der Waals surface area contributed by atoms with Gasteiger partial charge in [0.15, 0.2) is 0 Å². The van der Waals surface area contributed by atoms with Gasteiger partial charge in [0, 0.05) is 19.2 Å². The van der Waals surface area contributed by atoms with Crippen LogP contribution in [0.3, 0.4) is 0 Å². The van der Waals surface area contributed by atoms with E-state index >= 15 is 0 Å². The van der Waals surface area contributed by atoms with Gasteiger partial charge in [0.1, 0.15) is 17.1 Å². The van der Waals surface area contributed by atoms with Crippen molar-refractivity contribution in [2.24, 2.45) is 0 Å². The molecule has 1 aromatic carbocycles. The number of anilines is 1. The standard InChI is InChI=1S/C13H16FN3O4/c1-7-5-16(6-8(2)21-7)13(18)11-9(14)3-4-10(12(11)15)17(19)20/h3-4,7-8H,5-6,15H2,1-2H3/t7-,8+. The number of benzene rings is 1. The number of amides is 1. The number of hydrogen-bond donors (Lipinski definition) is 1. The molecule has 1 amide bonds. The van der Waals surface area contributed by atoms with Crippen molar-refractivity contribution in [3.8, 4) is 0 Å². The summed E-state index contributed by atoms with van der Waals surface area (Å²) in [6, 6.07) is 1.83. The predicted octanol–water partition coefficient (Wildman–Crippen LogP) is 1.57. The van der Waals surface area contributed by atoms with Crippen molar-refractivity contribution < 1.29 is 18.8 Å². The molecule has 1 aromatic rings. The highest BCUT2D eigenvalue weighted by atomic mass is 19.1. The summed E-state index contributed by atoms with van der Waals surface area (Å²) in [5.41, 5.74) is 4.22. The molecule has 1 aliphatic heterocycles. The van der Waals surface area contributed by atoms with E-state index in [1.807, 2.05) is 0 Å². The zero-order chi connectivity index (χ0) is 15.7. The van der Waals surface area contributed by atoms with Gasteiger partial charge in [-0.1, -0.05) is 0 Å². The number of carbonyl (C=O) groups is 1. The lowest BCUT2D eigenvalue weighted by atomic mass is 10.1. The van der Waals surface area contributed by atoms with Crippen molar-refractivity contribution in [1.82, 2.24) is 4.90 Å². The smallest absolute Gasteiger partial charge is 0.293 e. The summed E-state index contributed by atoms with van der Waals surface area (Å²) in [6.45, 7) is 4.15. The monoisotopic (exact) mass is 297 g/mol. The molecule has 8 heteroatoms. The van der Waals surface area contributed by atoms with E-state index in [1.165, 1.54) is 4.90 Å². The number of morpholine rings is 1. The maximum absolute atomic E-state index is 13.9. The van der Waals surface area contributed by atoms with Crippen LogP contribution in [-0.4, -0.2) is 41.0 Å².